The van der Waals surface area contributed by atoms with Crippen LogP contribution in [0.3, 0.4) is 0 Å². The molecule has 0 saturated carbocycles. The molecule has 1 N–H and O–H groups in total. The Kier molecular flexibility index (Phi) is 4.78. The third-order valence-corrected chi connectivity index (χ3v) is 5.30. The van der Waals surface area contributed by atoms with Crippen molar-refractivity contribution in [3.63, 3.8) is 0 Å². The zero-order valence-electron chi connectivity index (χ0n) is 13.3. The molecule has 0 amide bonds. The predicted molar refractivity (Wildman–Crippen MR) is 93.6 cm³/mol. The number of hydrogen-bond acceptors (Lipinski definition) is 3. The Bertz CT molecular complexity index is 874. The monoisotopic (exact) mass is 341 g/mol. The summed E-state index contributed by atoms with van der Waals surface area (Å²) in [7, 11) is -3.53. The molecule has 3 aromatic rings. The number of hydrogen-bond donors (Lipinski definition) is 1. The van der Waals surface area contributed by atoms with Crippen LogP contribution < -0.4 is 4.72 Å². The molecule has 0 radical (unpaired) electrons. The predicted octanol–water partition coefficient (Wildman–Crippen LogP) is 2.95. The average molecular weight is 341 g/mol. The van der Waals surface area contributed by atoms with E-state index in [9.17, 15) is 8.42 Å². The first-order chi connectivity index (χ1) is 11.6. The van der Waals surface area contributed by atoms with E-state index >= 15 is 0 Å². The molecule has 24 heavy (non-hydrogen) atoms. The maximum Gasteiger partial charge on any atom is 0.240 e. The van der Waals surface area contributed by atoms with E-state index in [2.05, 4.69) is 9.82 Å². The van der Waals surface area contributed by atoms with Crippen molar-refractivity contribution in [1.29, 1.82) is 0 Å². The molecule has 1 heterocycles. The van der Waals surface area contributed by atoms with E-state index in [0.717, 1.165) is 11.3 Å². The van der Waals surface area contributed by atoms with Gasteiger partial charge in [0.05, 0.1) is 10.6 Å². The normalized spacial score (nSPS) is 12.9. The van der Waals surface area contributed by atoms with Gasteiger partial charge in [-0.15, -0.1) is 0 Å². The molecule has 0 aliphatic rings. The first-order valence-corrected chi connectivity index (χ1v) is 9.19. The van der Waals surface area contributed by atoms with Crippen molar-refractivity contribution in [2.75, 3.05) is 6.54 Å². The minimum absolute atomic E-state index is 0.101. The molecule has 1 unspecified atom stereocenters. The molecule has 124 valence electrons. The minimum Gasteiger partial charge on any atom is -0.241 e. The lowest BCUT2D eigenvalue weighted by atomic mass is 10.0. The zero-order valence-corrected chi connectivity index (χ0v) is 14.1. The van der Waals surface area contributed by atoms with Gasteiger partial charge in [-0.25, -0.2) is 17.8 Å². The van der Waals surface area contributed by atoms with Crippen molar-refractivity contribution in [1.82, 2.24) is 14.5 Å². The number of benzene rings is 2. The van der Waals surface area contributed by atoms with Crippen LogP contribution in [0.5, 0.6) is 0 Å². The molecule has 1 aromatic heterocycles. The van der Waals surface area contributed by atoms with Crippen LogP contribution >= 0.6 is 0 Å². The fourth-order valence-corrected chi connectivity index (χ4v) is 3.55. The highest BCUT2D eigenvalue weighted by atomic mass is 32.2. The standard InChI is InChI=1S/C18H19N3O2S/c1-15(16-6-3-2-4-7-16)14-20-24(22,23)18-10-8-17(9-11-18)21-13-5-12-19-21/h2-13,15,20H,14H2,1H3. The maximum absolute atomic E-state index is 12.4. The van der Waals surface area contributed by atoms with Gasteiger partial charge in [0, 0.05) is 18.9 Å². The average Bonchev–Trinajstić information content (AvgIpc) is 3.15. The molecule has 3 rings (SSSR count). The van der Waals surface area contributed by atoms with Gasteiger partial charge in [-0.2, -0.15) is 5.10 Å². The van der Waals surface area contributed by atoms with Crippen LogP contribution in [-0.4, -0.2) is 24.7 Å². The molecule has 1 atom stereocenters. The van der Waals surface area contributed by atoms with Crippen LogP contribution in [0.1, 0.15) is 18.4 Å². The Morgan fingerprint density at radius 1 is 1.04 bits per heavy atom. The van der Waals surface area contributed by atoms with Crippen LogP contribution in [0.4, 0.5) is 0 Å². The second-order valence-corrected chi connectivity index (χ2v) is 7.38. The van der Waals surface area contributed by atoms with Gasteiger partial charge in [-0.3, -0.25) is 0 Å². The van der Waals surface area contributed by atoms with Crippen molar-refractivity contribution >= 4 is 10.0 Å². The summed E-state index contributed by atoms with van der Waals surface area (Å²) in [6.07, 6.45) is 3.49. The highest BCUT2D eigenvalue weighted by Gasteiger charge is 2.16. The fraction of sp³-hybridized carbons (Fsp3) is 0.167. The molecule has 0 aliphatic heterocycles. The molecular weight excluding hydrogens is 322 g/mol. The first-order valence-electron chi connectivity index (χ1n) is 7.71. The highest BCUT2D eigenvalue weighted by Crippen LogP contribution is 2.16. The third-order valence-electron chi connectivity index (χ3n) is 3.86. The molecule has 5 nitrogen and oxygen atoms in total. The summed E-state index contributed by atoms with van der Waals surface area (Å²) < 4.78 is 29.2. The van der Waals surface area contributed by atoms with Crippen LogP contribution in [0.15, 0.2) is 78.0 Å². The summed E-state index contributed by atoms with van der Waals surface area (Å²) in [6.45, 7) is 2.35. The Morgan fingerprint density at radius 2 is 1.75 bits per heavy atom. The van der Waals surface area contributed by atoms with Crippen molar-refractivity contribution in [2.24, 2.45) is 0 Å². The third kappa shape index (κ3) is 3.72. The number of sulfonamides is 1. The van der Waals surface area contributed by atoms with Crippen LogP contribution in [0.2, 0.25) is 0 Å². The second kappa shape index (κ2) is 6.98. The topological polar surface area (TPSA) is 64.0 Å². The van der Waals surface area contributed by atoms with Gasteiger partial charge in [0.15, 0.2) is 0 Å². The van der Waals surface area contributed by atoms with Crippen LogP contribution in [-0.2, 0) is 10.0 Å². The van der Waals surface area contributed by atoms with E-state index < -0.39 is 10.0 Å². The van der Waals surface area contributed by atoms with Crippen molar-refractivity contribution < 1.29 is 8.42 Å². The number of nitrogens with one attached hydrogen (secondary N) is 1. The lowest BCUT2D eigenvalue weighted by Crippen LogP contribution is -2.27. The summed E-state index contributed by atoms with van der Waals surface area (Å²) >= 11 is 0. The summed E-state index contributed by atoms with van der Waals surface area (Å²) in [5, 5.41) is 4.12. The van der Waals surface area contributed by atoms with Gasteiger partial charge in [0.2, 0.25) is 10.0 Å². The lowest BCUT2D eigenvalue weighted by Gasteiger charge is -2.13. The Balaban J connectivity index is 1.69. The maximum atomic E-state index is 12.4. The summed E-state index contributed by atoms with van der Waals surface area (Å²) in [4.78, 5) is 0.249. The first kappa shape index (κ1) is 16.4. The zero-order chi connectivity index (χ0) is 17.0. The molecule has 2 aromatic carbocycles. The van der Waals surface area contributed by atoms with Gasteiger partial charge >= 0.3 is 0 Å². The van der Waals surface area contributed by atoms with E-state index in [-0.39, 0.29) is 10.8 Å². The van der Waals surface area contributed by atoms with E-state index in [4.69, 9.17) is 0 Å². The Labute approximate surface area is 142 Å². The van der Waals surface area contributed by atoms with Crippen molar-refractivity contribution in [3.05, 3.63) is 78.6 Å². The highest BCUT2D eigenvalue weighted by molar-refractivity contribution is 7.89. The van der Waals surface area contributed by atoms with Crippen molar-refractivity contribution in [3.8, 4) is 5.69 Å². The van der Waals surface area contributed by atoms with Gasteiger partial charge < -0.3 is 0 Å². The minimum atomic E-state index is -3.53. The second-order valence-electron chi connectivity index (χ2n) is 5.61. The summed E-state index contributed by atoms with van der Waals surface area (Å²) in [6, 6.07) is 18.3. The molecule has 0 saturated heterocycles. The Morgan fingerprint density at radius 3 is 2.38 bits per heavy atom. The number of aromatic nitrogens is 2. The molecule has 0 spiro atoms. The molecule has 6 heteroatoms. The van der Waals surface area contributed by atoms with E-state index in [0.29, 0.717) is 6.54 Å². The van der Waals surface area contributed by atoms with E-state index in [1.165, 1.54) is 0 Å². The van der Waals surface area contributed by atoms with Gasteiger partial charge in [0.1, 0.15) is 0 Å². The molecule has 0 fully saturated rings. The number of rotatable bonds is 6. The van der Waals surface area contributed by atoms with Gasteiger partial charge in [0.25, 0.3) is 0 Å². The lowest BCUT2D eigenvalue weighted by molar-refractivity contribution is 0.575. The quantitative estimate of drug-likeness (QED) is 0.750. The largest absolute Gasteiger partial charge is 0.241 e. The molecular formula is C18H19N3O2S. The molecule has 0 aliphatic carbocycles. The summed E-state index contributed by atoms with van der Waals surface area (Å²) in [5.41, 5.74) is 1.92. The summed E-state index contributed by atoms with van der Waals surface area (Å²) in [5.74, 6) is 0.101. The van der Waals surface area contributed by atoms with Crippen molar-refractivity contribution in [2.45, 2.75) is 17.7 Å². The SMILES string of the molecule is CC(CNS(=O)(=O)c1ccc(-n2cccn2)cc1)c1ccccc1. The van der Waals surface area contributed by atoms with Crippen LogP contribution in [0, 0.1) is 0 Å². The van der Waals surface area contributed by atoms with Gasteiger partial charge in [-0.05, 0) is 41.8 Å². The van der Waals surface area contributed by atoms with Gasteiger partial charge in [-0.1, -0.05) is 37.3 Å². The Hall–Kier alpha value is -2.44. The fourth-order valence-electron chi connectivity index (χ4n) is 2.42. The van der Waals surface area contributed by atoms with E-state index in [1.807, 2.05) is 49.5 Å². The molecule has 0 bridgehead atoms. The van der Waals surface area contributed by atoms with Crippen LogP contribution in [0.25, 0.3) is 5.69 Å². The van der Waals surface area contributed by atoms with E-state index in [1.54, 1.807) is 35.1 Å². The smallest absolute Gasteiger partial charge is 0.240 e. The number of nitrogens with zero attached hydrogens (tertiary/aromatic N) is 2.